The minimum atomic E-state index is 0.328. The van der Waals surface area contributed by atoms with Crippen LogP contribution in [0.2, 0.25) is 0 Å². The van der Waals surface area contributed by atoms with E-state index in [9.17, 15) is 0 Å². The first kappa shape index (κ1) is 15.2. The van der Waals surface area contributed by atoms with Crippen molar-refractivity contribution in [2.75, 3.05) is 13.1 Å². The Hall–Kier alpha value is -0.860. The van der Waals surface area contributed by atoms with Crippen molar-refractivity contribution in [1.82, 2.24) is 5.32 Å². The van der Waals surface area contributed by atoms with Crippen LogP contribution >= 0.6 is 0 Å². The molecule has 102 valence electrons. The van der Waals surface area contributed by atoms with Gasteiger partial charge in [0, 0.05) is 6.54 Å². The molecule has 1 rings (SSSR count). The van der Waals surface area contributed by atoms with E-state index >= 15 is 0 Å². The van der Waals surface area contributed by atoms with Crippen molar-refractivity contribution in [1.29, 1.82) is 0 Å². The Kier molecular flexibility index (Phi) is 7.70. The van der Waals surface area contributed by atoms with Gasteiger partial charge in [-0.15, -0.1) is 0 Å². The topological polar surface area (TPSA) is 21.3 Å². The zero-order valence-electron chi connectivity index (χ0n) is 12.0. The second-order valence-corrected chi connectivity index (χ2v) is 5.26. The molecule has 1 aromatic carbocycles. The molecule has 0 heterocycles. The predicted molar refractivity (Wildman–Crippen MR) is 77.6 cm³/mol. The summed E-state index contributed by atoms with van der Waals surface area (Å²) in [5.74, 6) is 0.696. The monoisotopic (exact) mass is 249 g/mol. The van der Waals surface area contributed by atoms with E-state index < -0.39 is 0 Å². The van der Waals surface area contributed by atoms with Crippen LogP contribution in [0.3, 0.4) is 0 Å². The molecule has 1 unspecified atom stereocenters. The molecule has 0 aliphatic heterocycles. The van der Waals surface area contributed by atoms with Crippen molar-refractivity contribution in [2.45, 2.75) is 46.3 Å². The van der Waals surface area contributed by atoms with Gasteiger partial charge in [-0.05, 0) is 24.4 Å². The van der Waals surface area contributed by atoms with Crippen LogP contribution in [0.15, 0.2) is 30.3 Å². The van der Waals surface area contributed by atoms with E-state index in [1.807, 2.05) is 6.07 Å². The van der Waals surface area contributed by atoms with Crippen LogP contribution in [0.4, 0.5) is 0 Å². The zero-order chi connectivity index (χ0) is 13.2. The molecule has 1 atom stereocenters. The summed E-state index contributed by atoms with van der Waals surface area (Å²) in [5.41, 5.74) is 1.25. The Morgan fingerprint density at radius 1 is 1.11 bits per heavy atom. The summed E-state index contributed by atoms with van der Waals surface area (Å²) in [6.07, 6.45) is 2.62. The first-order valence-electron chi connectivity index (χ1n) is 7.08. The highest BCUT2D eigenvalue weighted by atomic mass is 16.5. The summed E-state index contributed by atoms with van der Waals surface area (Å²) in [7, 11) is 0. The Balaban J connectivity index is 2.28. The molecule has 1 aromatic rings. The average Bonchev–Trinajstić information content (AvgIpc) is 2.37. The van der Waals surface area contributed by atoms with Gasteiger partial charge in [-0.2, -0.15) is 0 Å². The van der Waals surface area contributed by atoms with Crippen molar-refractivity contribution in [3.8, 4) is 0 Å². The van der Waals surface area contributed by atoms with Crippen LogP contribution in [0.5, 0.6) is 0 Å². The van der Waals surface area contributed by atoms with Gasteiger partial charge >= 0.3 is 0 Å². The molecule has 0 bridgehead atoms. The number of rotatable bonds is 9. The molecular formula is C16H27NO. The third-order valence-electron chi connectivity index (χ3n) is 2.86. The summed E-state index contributed by atoms with van der Waals surface area (Å²) >= 11 is 0. The quantitative estimate of drug-likeness (QED) is 0.722. The van der Waals surface area contributed by atoms with Crippen molar-refractivity contribution >= 4 is 0 Å². The molecule has 0 fully saturated rings. The molecule has 0 aliphatic carbocycles. The maximum Gasteiger partial charge on any atom is 0.0721 e. The normalized spacial score (nSPS) is 12.9. The van der Waals surface area contributed by atoms with E-state index in [0.717, 1.165) is 26.1 Å². The second-order valence-electron chi connectivity index (χ2n) is 5.26. The number of nitrogens with one attached hydrogen (secondary N) is 1. The fraction of sp³-hybridized carbons (Fsp3) is 0.625. The molecule has 2 nitrogen and oxygen atoms in total. The molecule has 0 amide bonds. The van der Waals surface area contributed by atoms with Crippen LogP contribution in [0, 0.1) is 5.92 Å². The highest BCUT2D eigenvalue weighted by Crippen LogP contribution is 2.07. The summed E-state index contributed by atoms with van der Waals surface area (Å²) in [6, 6.07) is 10.4. The Morgan fingerprint density at radius 3 is 2.44 bits per heavy atom. The van der Waals surface area contributed by atoms with Gasteiger partial charge in [0.1, 0.15) is 0 Å². The second kappa shape index (κ2) is 9.12. The van der Waals surface area contributed by atoms with E-state index in [0.29, 0.717) is 12.0 Å². The molecule has 0 radical (unpaired) electrons. The van der Waals surface area contributed by atoms with Gasteiger partial charge in [0.05, 0.1) is 12.7 Å². The van der Waals surface area contributed by atoms with Gasteiger partial charge in [0.15, 0.2) is 0 Å². The van der Waals surface area contributed by atoms with E-state index in [1.54, 1.807) is 0 Å². The van der Waals surface area contributed by atoms with Crippen LogP contribution in [0.25, 0.3) is 0 Å². The molecule has 18 heavy (non-hydrogen) atoms. The summed E-state index contributed by atoms with van der Waals surface area (Å²) in [6.45, 7) is 9.41. The molecule has 0 spiro atoms. The number of ether oxygens (including phenoxy) is 1. The van der Waals surface area contributed by atoms with Crippen molar-refractivity contribution in [3.63, 3.8) is 0 Å². The minimum absolute atomic E-state index is 0.328. The van der Waals surface area contributed by atoms with Crippen LogP contribution in [-0.4, -0.2) is 19.2 Å². The SMILES string of the molecule is CCCC(CNCC(C)C)OCc1ccccc1. The summed E-state index contributed by atoms with van der Waals surface area (Å²) in [4.78, 5) is 0. The molecule has 1 N–H and O–H groups in total. The van der Waals surface area contributed by atoms with Crippen molar-refractivity contribution in [3.05, 3.63) is 35.9 Å². The largest absolute Gasteiger partial charge is 0.372 e. The number of hydrogen-bond donors (Lipinski definition) is 1. The molecule has 0 saturated heterocycles. The highest BCUT2D eigenvalue weighted by Gasteiger charge is 2.08. The van der Waals surface area contributed by atoms with E-state index in [4.69, 9.17) is 4.74 Å². The fourth-order valence-electron chi connectivity index (χ4n) is 1.89. The van der Waals surface area contributed by atoms with E-state index in [1.165, 1.54) is 12.0 Å². The Bertz CT molecular complexity index is 297. The molecular weight excluding hydrogens is 222 g/mol. The van der Waals surface area contributed by atoms with Crippen molar-refractivity contribution < 1.29 is 4.74 Å². The number of benzene rings is 1. The van der Waals surface area contributed by atoms with Crippen LogP contribution in [0.1, 0.15) is 39.2 Å². The highest BCUT2D eigenvalue weighted by molar-refractivity contribution is 5.13. The van der Waals surface area contributed by atoms with Gasteiger partial charge < -0.3 is 10.1 Å². The van der Waals surface area contributed by atoms with Gasteiger partial charge in [0.25, 0.3) is 0 Å². The lowest BCUT2D eigenvalue weighted by Gasteiger charge is -2.19. The number of hydrogen-bond acceptors (Lipinski definition) is 2. The predicted octanol–water partition coefficient (Wildman–Crippen LogP) is 3.62. The van der Waals surface area contributed by atoms with Gasteiger partial charge in [-0.1, -0.05) is 57.5 Å². The van der Waals surface area contributed by atoms with Gasteiger partial charge in [-0.3, -0.25) is 0 Å². The lowest BCUT2D eigenvalue weighted by Crippen LogP contribution is -2.31. The Morgan fingerprint density at radius 2 is 1.83 bits per heavy atom. The maximum absolute atomic E-state index is 5.99. The van der Waals surface area contributed by atoms with Gasteiger partial charge in [0.2, 0.25) is 0 Å². The smallest absolute Gasteiger partial charge is 0.0721 e. The van der Waals surface area contributed by atoms with E-state index in [-0.39, 0.29) is 0 Å². The molecule has 0 aromatic heterocycles. The third-order valence-corrected chi connectivity index (χ3v) is 2.86. The molecule has 0 aliphatic rings. The standard InChI is InChI=1S/C16H27NO/c1-4-8-16(12-17-11-14(2)3)18-13-15-9-6-5-7-10-15/h5-7,9-10,14,16-17H,4,8,11-13H2,1-3H3. The van der Waals surface area contributed by atoms with E-state index in [2.05, 4.69) is 50.4 Å². The zero-order valence-corrected chi connectivity index (χ0v) is 12.0. The van der Waals surface area contributed by atoms with Crippen LogP contribution < -0.4 is 5.32 Å². The summed E-state index contributed by atoms with van der Waals surface area (Å²) in [5, 5.41) is 3.48. The fourth-order valence-corrected chi connectivity index (χ4v) is 1.89. The molecule has 2 heteroatoms. The van der Waals surface area contributed by atoms with Crippen molar-refractivity contribution in [2.24, 2.45) is 5.92 Å². The Labute approximate surface area is 112 Å². The first-order valence-corrected chi connectivity index (χ1v) is 7.08. The third kappa shape index (κ3) is 6.77. The lowest BCUT2D eigenvalue weighted by molar-refractivity contribution is 0.0345. The van der Waals surface area contributed by atoms with Gasteiger partial charge in [-0.25, -0.2) is 0 Å². The van der Waals surface area contributed by atoms with Crippen LogP contribution in [-0.2, 0) is 11.3 Å². The lowest BCUT2D eigenvalue weighted by atomic mass is 10.2. The minimum Gasteiger partial charge on any atom is -0.372 e. The first-order chi connectivity index (χ1) is 8.72. The average molecular weight is 249 g/mol. The summed E-state index contributed by atoms with van der Waals surface area (Å²) < 4.78 is 5.99. The molecule has 0 saturated carbocycles. The maximum atomic E-state index is 5.99.